The lowest BCUT2D eigenvalue weighted by molar-refractivity contribution is 0.414. The maximum atomic E-state index is 5.20. The molecule has 1 aliphatic heterocycles. The first kappa shape index (κ1) is 8.42. The second-order valence-electron chi connectivity index (χ2n) is 3.52. The van der Waals surface area contributed by atoms with E-state index in [0.29, 0.717) is 0 Å². The number of nitrogens with zero attached hydrogens (tertiary/aromatic N) is 1. The normalized spacial score (nSPS) is 15.4. The van der Waals surface area contributed by atoms with Gasteiger partial charge < -0.3 is 9.64 Å². The summed E-state index contributed by atoms with van der Waals surface area (Å²) in [6.45, 7) is 1.17. The second-order valence-corrected chi connectivity index (χ2v) is 3.52. The minimum absolute atomic E-state index is 0.967. The van der Waals surface area contributed by atoms with Gasteiger partial charge in [0.2, 0.25) is 0 Å². The Bertz CT molecular complexity index is 309. The van der Waals surface area contributed by atoms with E-state index in [1.165, 1.54) is 30.6 Å². The zero-order valence-electron chi connectivity index (χ0n) is 8.21. The van der Waals surface area contributed by atoms with Crippen LogP contribution in [0.15, 0.2) is 18.2 Å². The summed E-state index contributed by atoms with van der Waals surface area (Å²) >= 11 is 0. The summed E-state index contributed by atoms with van der Waals surface area (Å²) in [6.07, 6.45) is 2.42. The number of methoxy groups -OCH3 is 1. The van der Waals surface area contributed by atoms with Gasteiger partial charge in [-0.1, -0.05) is 0 Å². The Balaban J connectivity index is 2.39. The summed E-state index contributed by atoms with van der Waals surface area (Å²) in [6, 6.07) is 6.32. The van der Waals surface area contributed by atoms with E-state index in [4.69, 9.17) is 4.74 Å². The van der Waals surface area contributed by atoms with Crippen molar-refractivity contribution in [2.24, 2.45) is 0 Å². The molecule has 2 heteroatoms. The van der Waals surface area contributed by atoms with E-state index in [2.05, 4.69) is 24.1 Å². The van der Waals surface area contributed by atoms with Crippen LogP contribution in [-0.4, -0.2) is 20.7 Å². The highest BCUT2D eigenvalue weighted by atomic mass is 16.5. The molecular weight excluding hydrogens is 162 g/mol. The number of hydrogen-bond donors (Lipinski definition) is 0. The Morgan fingerprint density at radius 1 is 1.38 bits per heavy atom. The van der Waals surface area contributed by atoms with Gasteiger partial charge in [-0.25, -0.2) is 0 Å². The zero-order valence-corrected chi connectivity index (χ0v) is 8.21. The number of benzene rings is 1. The molecule has 1 heterocycles. The maximum absolute atomic E-state index is 5.20. The van der Waals surface area contributed by atoms with Gasteiger partial charge in [0.05, 0.1) is 7.11 Å². The topological polar surface area (TPSA) is 12.5 Å². The van der Waals surface area contributed by atoms with E-state index in [0.717, 1.165) is 5.75 Å². The summed E-state index contributed by atoms with van der Waals surface area (Å²) in [5, 5.41) is 0. The molecular formula is C11H15NO. The van der Waals surface area contributed by atoms with Gasteiger partial charge in [0.1, 0.15) is 5.75 Å². The van der Waals surface area contributed by atoms with Gasteiger partial charge in [-0.05, 0) is 36.6 Å². The number of aryl methyl sites for hydroxylation is 1. The van der Waals surface area contributed by atoms with Crippen LogP contribution >= 0.6 is 0 Å². The first-order valence-electron chi connectivity index (χ1n) is 4.69. The zero-order chi connectivity index (χ0) is 9.26. The lowest BCUT2D eigenvalue weighted by Gasteiger charge is -2.27. The number of hydrogen-bond acceptors (Lipinski definition) is 2. The number of fused-ring (bicyclic) bond motifs is 1. The van der Waals surface area contributed by atoms with E-state index in [1.54, 1.807) is 7.11 Å². The molecule has 0 atom stereocenters. The molecule has 0 saturated carbocycles. The summed E-state index contributed by atoms with van der Waals surface area (Å²) in [7, 11) is 3.86. The molecule has 0 unspecified atom stereocenters. The molecule has 0 radical (unpaired) electrons. The highest BCUT2D eigenvalue weighted by Gasteiger charge is 2.13. The molecule has 2 nitrogen and oxygen atoms in total. The fraction of sp³-hybridized carbons (Fsp3) is 0.455. The van der Waals surface area contributed by atoms with E-state index >= 15 is 0 Å². The average molecular weight is 177 g/mol. The van der Waals surface area contributed by atoms with Crippen molar-refractivity contribution >= 4 is 5.69 Å². The molecule has 13 heavy (non-hydrogen) atoms. The molecule has 0 fully saturated rings. The van der Waals surface area contributed by atoms with Crippen LogP contribution < -0.4 is 9.64 Å². The SMILES string of the molecule is COc1ccc2c(c1)CCCN2C. The van der Waals surface area contributed by atoms with Crippen LogP contribution in [0.3, 0.4) is 0 Å². The van der Waals surface area contributed by atoms with Crippen molar-refractivity contribution < 1.29 is 4.74 Å². The van der Waals surface area contributed by atoms with Crippen molar-refractivity contribution in [3.05, 3.63) is 23.8 Å². The third-order valence-corrected chi connectivity index (χ3v) is 2.64. The van der Waals surface area contributed by atoms with Crippen LogP contribution in [0.25, 0.3) is 0 Å². The Labute approximate surface area is 79.1 Å². The molecule has 70 valence electrons. The third-order valence-electron chi connectivity index (χ3n) is 2.64. The van der Waals surface area contributed by atoms with Crippen LogP contribution in [0, 0.1) is 0 Å². The van der Waals surface area contributed by atoms with Crippen molar-refractivity contribution in [1.29, 1.82) is 0 Å². The molecule has 0 aliphatic carbocycles. The molecule has 0 spiro atoms. The Hall–Kier alpha value is -1.18. The van der Waals surface area contributed by atoms with Crippen molar-refractivity contribution in [1.82, 2.24) is 0 Å². The summed E-state index contributed by atoms with van der Waals surface area (Å²) in [4.78, 5) is 2.30. The first-order valence-corrected chi connectivity index (χ1v) is 4.69. The molecule has 0 saturated heterocycles. The van der Waals surface area contributed by atoms with Crippen LogP contribution in [0.2, 0.25) is 0 Å². The predicted molar refractivity (Wildman–Crippen MR) is 54.6 cm³/mol. The standard InChI is InChI=1S/C11H15NO/c1-12-7-3-4-9-8-10(13-2)5-6-11(9)12/h5-6,8H,3-4,7H2,1-2H3. The smallest absolute Gasteiger partial charge is 0.119 e. The van der Waals surface area contributed by atoms with Crippen LogP contribution in [0.5, 0.6) is 5.75 Å². The Kier molecular flexibility index (Phi) is 2.13. The van der Waals surface area contributed by atoms with Crippen LogP contribution in [0.4, 0.5) is 5.69 Å². The lowest BCUT2D eigenvalue weighted by Crippen LogP contribution is -2.24. The fourth-order valence-corrected chi connectivity index (χ4v) is 1.89. The summed E-state index contributed by atoms with van der Waals surface area (Å²) in [5.41, 5.74) is 2.76. The maximum Gasteiger partial charge on any atom is 0.119 e. The first-order chi connectivity index (χ1) is 6.31. The van der Waals surface area contributed by atoms with Crippen molar-refractivity contribution in [2.75, 3.05) is 25.6 Å². The van der Waals surface area contributed by atoms with E-state index in [1.807, 2.05) is 6.07 Å². The minimum Gasteiger partial charge on any atom is -0.497 e. The molecule has 0 bridgehead atoms. The highest BCUT2D eigenvalue weighted by Crippen LogP contribution is 2.29. The average Bonchev–Trinajstić information content (AvgIpc) is 2.18. The molecule has 0 aromatic heterocycles. The predicted octanol–water partition coefficient (Wildman–Crippen LogP) is 2.08. The van der Waals surface area contributed by atoms with Gasteiger partial charge in [0.15, 0.2) is 0 Å². The number of ether oxygens (including phenoxy) is 1. The van der Waals surface area contributed by atoms with Gasteiger partial charge in [-0.15, -0.1) is 0 Å². The Morgan fingerprint density at radius 3 is 3.00 bits per heavy atom. The van der Waals surface area contributed by atoms with Gasteiger partial charge >= 0.3 is 0 Å². The van der Waals surface area contributed by atoms with Gasteiger partial charge in [0.25, 0.3) is 0 Å². The van der Waals surface area contributed by atoms with Crippen molar-refractivity contribution in [2.45, 2.75) is 12.8 Å². The molecule has 0 N–H and O–H groups in total. The quantitative estimate of drug-likeness (QED) is 0.651. The Morgan fingerprint density at radius 2 is 2.23 bits per heavy atom. The van der Waals surface area contributed by atoms with Crippen molar-refractivity contribution in [3.63, 3.8) is 0 Å². The lowest BCUT2D eigenvalue weighted by atomic mass is 10.0. The minimum atomic E-state index is 0.967. The fourth-order valence-electron chi connectivity index (χ4n) is 1.89. The summed E-state index contributed by atoms with van der Waals surface area (Å²) in [5.74, 6) is 0.967. The largest absolute Gasteiger partial charge is 0.497 e. The van der Waals surface area contributed by atoms with Crippen molar-refractivity contribution in [3.8, 4) is 5.75 Å². The molecule has 2 rings (SSSR count). The van der Waals surface area contributed by atoms with E-state index < -0.39 is 0 Å². The van der Waals surface area contributed by atoms with Gasteiger partial charge in [0, 0.05) is 19.3 Å². The van der Waals surface area contributed by atoms with Crippen LogP contribution in [0.1, 0.15) is 12.0 Å². The van der Waals surface area contributed by atoms with Gasteiger partial charge in [-0.2, -0.15) is 0 Å². The van der Waals surface area contributed by atoms with Gasteiger partial charge in [-0.3, -0.25) is 0 Å². The number of anilines is 1. The highest BCUT2D eigenvalue weighted by molar-refractivity contribution is 5.57. The monoisotopic (exact) mass is 177 g/mol. The molecule has 1 aliphatic rings. The van der Waals surface area contributed by atoms with E-state index in [9.17, 15) is 0 Å². The third kappa shape index (κ3) is 1.48. The van der Waals surface area contributed by atoms with E-state index in [-0.39, 0.29) is 0 Å². The molecule has 1 aromatic rings. The number of rotatable bonds is 1. The molecule has 1 aromatic carbocycles. The summed E-state index contributed by atoms with van der Waals surface area (Å²) < 4.78 is 5.20. The second kappa shape index (κ2) is 3.29. The molecule has 0 amide bonds. The van der Waals surface area contributed by atoms with Crippen LogP contribution in [-0.2, 0) is 6.42 Å².